The van der Waals surface area contributed by atoms with Crippen LogP contribution in [0.15, 0.2) is 40.9 Å². The molecule has 2 aliphatic rings. The van der Waals surface area contributed by atoms with Gasteiger partial charge in [-0.05, 0) is 55.2 Å². The monoisotopic (exact) mass is 669 g/mol. The highest BCUT2D eigenvalue weighted by atomic mass is 79.9. The van der Waals surface area contributed by atoms with E-state index in [0.29, 0.717) is 42.1 Å². The summed E-state index contributed by atoms with van der Waals surface area (Å²) in [4.78, 5) is 31.1. The van der Waals surface area contributed by atoms with Crippen LogP contribution in [0.2, 0.25) is 10.0 Å². The zero-order valence-corrected chi connectivity index (χ0v) is 25.4. The number of piperidine rings is 2. The third kappa shape index (κ3) is 7.41. The van der Waals surface area contributed by atoms with Crippen molar-refractivity contribution in [3.05, 3.63) is 67.6 Å². The maximum absolute atomic E-state index is 13.5. The molecule has 2 amide bonds. The standard InChI is InChI=1S/C27H29BrCl2F3N3O2.ClH/c1-16(37)35-8-5-21(6-9-35)36-10-7-25(22(15-36)17-3-4-23(29)24(30)13-17)34(2)26(38)18-11-19(27(31,32)33)14-20(28)12-18;/h3-4,11-14,21-22,25H,5-10,15H2,1-2H3;1H/t22-,25+;/m0./s1. The van der Waals surface area contributed by atoms with Gasteiger partial charge in [-0.15, -0.1) is 12.4 Å². The van der Waals surface area contributed by atoms with Crippen LogP contribution < -0.4 is 0 Å². The summed E-state index contributed by atoms with van der Waals surface area (Å²) in [7, 11) is 1.65. The molecule has 214 valence electrons. The fraction of sp³-hybridized carbons (Fsp3) is 0.481. The molecule has 0 radical (unpaired) electrons. The van der Waals surface area contributed by atoms with Crippen molar-refractivity contribution in [3.8, 4) is 0 Å². The molecule has 2 aromatic carbocycles. The van der Waals surface area contributed by atoms with E-state index < -0.39 is 17.6 Å². The Hall–Kier alpha value is -1.52. The minimum Gasteiger partial charge on any atom is -0.343 e. The first-order valence-corrected chi connectivity index (χ1v) is 14.0. The van der Waals surface area contributed by atoms with Gasteiger partial charge in [0.15, 0.2) is 0 Å². The van der Waals surface area contributed by atoms with Crippen molar-refractivity contribution in [1.82, 2.24) is 14.7 Å². The van der Waals surface area contributed by atoms with Crippen molar-refractivity contribution >= 4 is 63.4 Å². The Kier molecular flexibility index (Phi) is 10.7. The maximum atomic E-state index is 13.5. The van der Waals surface area contributed by atoms with E-state index in [4.69, 9.17) is 23.2 Å². The van der Waals surface area contributed by atoms with Crippen molar-refractivity contribution in [1.29, 1.82) is 0 Å². The molecule has 0 aromatic heterocycles. The summed E-state index contributed by atoms with van der Waals surface area (Å²) in [6, 6.07) is 8.75. The number of likely N-dealkylation sites (tertiary alicyclic amines) is 2. The predicted molar refractivity (Wildman–Crippen MR) is 153 cm³/mol. The van der Waals surface area contributed by atoms with Gasteiger partial charge in [0.1, 0.15) is 0 Å². The van der Waals surface area contributed by atoms with Gasteiger partial charge in [0.05, 0.1) is 15.6 Å². The number of hydrogen-bond donors (Lipinski definition) is 0. The van der Waals surface area contributed by atoms with E-state index in [1.807, 2.05) is 17.0 Å². The molecule has 2 atom stereocenters. The average molecular weight is 672 g/mol. The first-order valence-electron chi connectivity index (χ1n) is 12.4. The Morgan fingerprint density at radius 1 is 1.00 bits per heavy atom. The van der Waals surface area contributed by atoms with Crippen LogP contribution in [-0.2, 0) is 11.0 Å². The van der Waals surface area contributed by atoms with E-state index in [9.17, 15) is 22.8 Å². The van der Waals surface area contributed by atoms with Gasteiger partial charge in [0.2, 0.25) is 5.91 Å². The van der Waals surface area contributed by atoms with Crippen molar-refractivity contribution in [2.45, 2.75) is 50.4 Å². The van der Waals surface area contributed by atoms with Gasteiger partial charge >= 0.3 is 6.18 Å². The molecule has 12 heteroatoms. The number of alkyl halides is 3. The zero-order valence-electron chi connectivity index (χ0n) is 21.5. The number of hydrogen-bond acceptors (Lipinski definition) is 3. The number of amides is 2. The summed E-state index contributed by atoms with van der Waals surface area (Å²) >= 11 is 15.6. The van der Waals surface area contributed by atoms with Gasteiger partial charge in [-0.25, -0.2) is 0 Å². The minimum absolute atomic E-state index is 0. The Morgan fingerprint density at radius 2 is 1.67 bits per heavy atom. The largest absolute Gasteiger partial charge is 0.416 e. The van der Waals surface area contributed by atoms with Gasteiger partial charge in [-0.3, -0.25) is 14.5 Å². The molecule has 0 N–H and O–H groups in total. The highest BCUT2D eigenvalue weighted by Crippen LogP contribution is 2.37. The number of halogens is 7. The fourth-order valence-electron chi connectivity index (χ4n) is 5.61. The normalized spacial score (nSPS) is 20.9. The number of benzene rings is 2. The van der Waals surface area contributed by atoms with Crippen LogP contribution >= 0.6 is 51.5 Å². The van der Waals surface area contributed by atoms with Crippen LogP contribution in [-0.4, -0.2) is 71.8 Å². The SMILES string of the molecule is CC(=O)N1CCC(N2CC[C@@H](N(C)C(=O)c3cc(Br)cc(C(F)(F)F)c3)[C@H](c3ccc(Cl)c(Cl)c3)C2)CC1.Cl. The molecule has 2 aromatic rings. The van der Waals surface area contributed by atoms with E-state index in [1.165, 1.54) is 6.07 Å². The Morgan fingerprint density at radius 3 is 2.26 bits per heavy atom. The summed E-state index contributed by atoms with van der Waals surface area (Å²) in [6.07, 6.45) is -2.19. The van der Waals surface area contributed by atoms with Crippen molar-refractivity contribution < 1.29 is 22.8 Å². The Balaban J connectivity index is 0.00000420. The van der Waals surface area contributed by atoms with Gasteiger partial charge in [0, 0.05) is 68.2 Å². The first kappa shape index (κ1) is 32.0. The second-order valence-electron chi connectivity index (χ2n) is 10.0. The van der Waals surface area contributed by atoms with Gasteiger partial charge in [0.25, 0.3) is 5.91 Å². The Bertz CT molecular complexity index is 1210. The maximum Gasteiger partial charge on any atom is 0.416 e. The molecule has 39 heavy (non-hydrogen) atoms. The number of likely N-dealkylation sites (N-methyl/N-ethyl adjacent to an activating group) is 1. The lowest BCUT2D eigenvalue weighted by molar-refractivity contribution is -0.137. The smallest absolute Gasteiger partial charge is 0.343 e. The number of rotatable bonds is 4. The average Bonchev–Trinajstić information content (AvgIpc) is 2.88. The molecule has 5 nitrogen and oxygen atoms in total. The summed E-state index contributed by atoms with van der Waals surface area (Å²) in [5.74, 6) is -0.528. The lowest BCUT2D eigenvalue weighted by Gasteiger charge is -2.47. The van der Waals surface area contributed by atoms with Crippen LogP contribution in [0.3, 0.4) is 0 Å². The molecule has 0 unspecified atom stereocenters. The van der Waals surface area contributed by atoms with Gasteiger partial charge in [-0.2, -0.15) is 13.2 Å². The molecule has 4 rings (SSSR count). The van der Waals surface area contributed by atoms with E-state index in [2.05, 4.69) is 20.8 Å². The highest BCUT2D eigenvalue weighted by Gasteiger charge is 2.39. The molecular formula is C27H30BrCl3F3N3O2. The number of carbonyl (C=O) groups excluding carboxylic acids is 2. The van der Waals surface area contributed by atoms with E-state index in [-0.39, 0.29) is 40.3 Å². The van der Waals surface area contributed by atoms with Crippen LogP contribution in [0.25, 0.3) is 0 Å². The van der Waals surface area contributed by atoms with Crippen molar-refractivity contribution in [2.75, 3.05) is 33.2 Å². The van der Waals surface area contributed by atoms with Crippen LogP contribution in [0.1, 0.15) is 53.6 Å². The molecule has 2 fully saturated rings. The van der Waals surface area contributed by atoms with Crippen molar-refractivity contribution in [2.24, 2.45) is 0 Å². The van der Waals surface area contributed by atoms with E-state index in [0.717, 1.165) is 37.1 Å². The van der Waals surface area contributed by atoms with Crippen molar-refractivity contribution in [3.63, 3.8) is 0 Å². The van der Waals surface area contributed by atoms with Gasteiger partial charge < -0.3 is 9.80 Å². The highest BCUT2D eigenvalue weighted by molar-refractivity contribution is 9.10. The third-order valence-corrected chi connectivity index (χ3v) is 8.89. The lowest BCUT2D eigenvalue weighted by atomic mass is 9.83. The molecular weight excluding hydrogens is 642 g/mol. The second-order valence-corrected chi connectivity index (χ2v) is 11.7. The molecule has 0 spiro atoms. The lowest BCUT2D eigenvalue weighted by Crippen LogP contribution is -2.55. The molecule has 0 bridgehead atoms. The summed E-state index contributed by atoms with van der Waals surface area (Å²) in [5, 5.41) is 0.833. The fourth-order valence-corrected chi connectivity index (χ4v) is 6.41. The molecule has 2 heterocycles. The van der Waals surface area contributed by atoms with E-state index >= 15 is 0 Å². The predicted octanol–water partition coefficient (Wildman–Crippen LogP) is 7.14. The van der Waals surface area contributed by atoms with Crippen LogP contribution in [0, 0.1) is 0 Å². The minimum atomic E-state index is -4.57. The molecule has 2 saturated heterocycles. The molecule has 2 aliphatic heterocycles. The zero-order chi connectivity index (χ0) is 27.8. The topological polar surface area (TPSA) is 43.9 Å². The van der Waals surface area contributed by atoms with E-state index in [1.54, 1.807) is 24.9 Å². The van der Waals surface area contributed by atoms with Crippen LogP contribution in [0.5, 0.6) is 0 Å². The number of nitrogens with zero attached hydrogens (tertiary/aromatic N) is 3. The first-order chi connectivity index (χ1) is 17.8. The molecule has 0 aliphatic carbocycles. The quantitative estimate of drug-likeness (QED) is 0.347. The molecule has 0 saturated carbocycles. The number of carbonyl (C=O) groups is 2. The Labute approximate surface area is 251 Å². The summed E-state index contributed by atoms with van der Waals surface area (Å²) in [5.41, 5.74) is 0.0117. The second kappa shape index (κ2) is 13.0. The third-order valence-electron chi connectivity index (χ3n) is 7.70. The van der Waals surface area contributed by atoms with Gasteiger partial charge in [-0.1, -0.05) is 45.2 Å². The summed E-state index contributed by atoms with van der Waals surface area (Å²) in [6.45, 7) is 4.39. The van der Waals surface area contributed by atoms with Crippen LogP contribution in [0.4, 0.5) is 13.2 Å². The summed E-state index contributed by atoms with van der Waals surface area (Å²) < 4.78 is 40.4.